The number of alkyl carbamates (subject to hydrolysis) is 1. The summed E-state index contributed by atoms with van der Waals surface area (Å²) in [6.07, 6.45) is 0.887. The van der Waals surface area contributed by atoms with Gasteiger partial charge in [-0.3, -0.25) is 10.3 Å². The van der Waals surface area contributed by atoms with E-state index in [1.807, 2.05) is 77.9 Å². The third-order valence-electron chi connectivity index (χ3n) is 10.1. The summed E-state index contributed by atoms with van der Waals surface area (Å²) in [5, 5.41) is 12.9. The molecule has 1 aliphatic carbocycles. The highest BCUT2D eigenvalue weighted by atomic mass is 19.1. The van der Waals surface area contributed by atoms with Gasteiger partial charge in [-0.15, -0.1) is 0 Å². The fourth-order valence-electron chi connectivity index (χ4n) is 6.97. The van der Waals surface area contributed by atoms with E-state index in [1.54, 1.807) is 59.4 Å². The molecule has 12 nitrogen and oxygen atoms in total. The van der Waals surface area contributed by atoms with E-state index in [2.05, 4.69) is 33.1 Å². The van der Waals surface area contributed by atoms with E-state index < -0.39 is 30.0 Å². The van der Waals surface area contributed by atoms with Crippen molar-refractivity contribution < 1.29 is 33.0 Å². The van der Waals surface area contributed by atoms with Crippen LogP contribution in [0, 0.1) is 18.7 Å². The molecule has 0 fully saturated rings. The highest BCUT2D eigenvalue weighted by molar-refractivity contribution is 5.99. The lowest BCUT2D eigenvalue weighted by molar-refractivity contribution is -0.148. The fourth-order valence-corrected chi connectivity index (χ4v) is 6.97. The monoisotopic (exact) mass is 810 g/mol. The molecular formula is C47H47FN6O6. The van der Waals surface area contributed by atoms with Gasteiger partial charge in [0.15, 0.2) is 0 Å². The second kappa shape index (κ2) is 17.5. The largest absolute Gasteiger partial charge is 0.459 e. The molecule has 4 aromatic carbocycles. The van der Waals surface area contributed by atoms with Crippen molar-refractivity contribution in [3.63, 3.8) is 0 Å². The SMILES string of the molecule is Cc1cc(Oc2ccc(NC(=O)Nc3cc(C(C)(C)C)nn3-c3cccc(COC(=O)C(NC(=O)OCC4c5ccccc5-c5ccccc54)C(C)C)c3)c(F)c2)ccn1. The van der Waals surface area contributed by atoms with Crippen LogP contribution < -0.4 is 20.7 Å². The zero-order valence-corrected chi connectivity index (χ0v) is 34.3. The van der Waals surface area contributed by atoms with Gasteiger partial charge < -0.3 is 24.8 Å². The van der Waals surface area contributed by atoms with Crippen molar-refractivity contribution in [3.8, 4) is 28.3 Å². The van der Waals surface area contributed by atoms with Crippen LogP contribution >= 0.6 is 0 Å². The summed E-state index contributed by atoms with van der Waals surface area (Å²) >= 11 is 0. The number of halogens is 1. The van der Waals surface area contributed by atoms with Gasteiger partial charge in [-0.2, -0.15) is 5.10 Å². The average Bonchev–Trinajstić information content (AvgIpc) is 3.79. The molecule has 0 radical (unpaired) electrons. The first-order valence-electron chi connectivity index (χ1n) is 19.7. The van der Waals surface area contributed by atoms with Crippen molar-refractivity contribution in [2.45, 2.75) is 65.5 Å². The van der Waals surface area contributed by atoms with Gasteiger partial charge in [0.1, 0.15) is 42.4 Å². The number of anilines is 2. The first-order valence-corrected chi connectivity index (χ1v) is 19.7. The average molecular weight is 811 g/mol. The Balaban J connectivity index is 0.987. The van der Waals surface area contributed by atoms with Crippen molar-refractivity contribution in [2.75, 3.05) is 17.2 Å². The number of urea groups is 1. The van der Waals surface area contributed by atoms with E-state index in [-0.39, 0.29) is 41.9 Å². The highest BCUT2D eigenvalue weighted by Crippen LogP contribution is 2.44. The van der Waals surface area contributed by atoms with Crippen LogP contribution in [0.5, 0.6) is 11.5 Å². The Kier molecular flexibility index (Phi) is 12.0. The van der Waals surface area contributed by atoms with Crippen LogP contribution in [0.1, 0.15) is 68.6 Å². The van der Waals surface area contributed by atoms with Gasteiger partial charge in [0.05, 0.1) is 17.1 Å². The number of fused-ring (bicyclic) bond motifs is 3. The number of ether oxygens (including phenoxy) is 3. The smallest absolute Gasteiger partial charge is 0.407 e. The number of carbonyl (C=O) groups excluding carboxylic acids is 3. The maximum Gasteiger partial charge on any atom is 0.407 e. The number of esters is 1. The van der Waals surface area contributed by atoms with Gasteiger partial charge in [-0.1, -0.05) is 95.3 Å². The normalized spacial score (nSPS) is 12.6. The minimum atomic E-state index is -0.960. The third-order valence-corrected chi connectivity index (χ3v) is 10.1. The van der Waals surface area contributed by atoms with Crippen LogP contribution in [0.3, 0.4) is 0 Å². The lowest BCUT2D eigenvalue weighted by Crippen LogP contribution is -2.45. The molecule has 2 aromatic heterocycles. The molecule has 60 heavy (non-hydrogen) atoms. The Morgan fingerprint density at radius 2 is 1.52 bits per heavy atom. The second-order valence-electron chi connectivity index (χ2n) is 16.0. The molecule has 308 valence electrons. The molecule has 0 spiro atoms. The second-order valence-corrected chi connectivity index (χ2v) is 16.0. The summed E-state index contributed by atoms with van der Waals surface area (Å²) < 4.78 is 33.9. The van der Waals surface area contributed by atoms with Crippen molar-refractivity contribution in [1.29, 1.82) is 0 Å². The minimum absolute atomic E-state index is 0.0514. The molecule has 3 amide bonds. The van der Waals surface area contributed by atoms with E-state index in [0.29, 0.717) is 28.5 Å². The number of hydrogen-bond donors (Lipinski definition) is 3. The predicted octanol–water partition coefficient (Wildman–Crippen LogP) is 10.1. The summed E-state index contributed by atoms with van der Waals surface area (Å²) in [5.74, 6) is -0.623. The first-order chi connectivity index (χ1) is 28.7. The molecule has 0 bridgehead atoms. The zero-order chi connectivity index (χ0) is 42.6. The maximum absolute atomic E-state index is 15.1. The molecule has 0 saturated carbocycles. The number of nitrogens with one attached hydrogen (secondary N) is 3. The van der Waals surface area contributed by atoms with Crippen LogP contribution in [0.25, 0.3) is 16.8 Å². The Bertz CT molecular complexity index is 2500. The van der Waals surface area contributed by atoms with Crippen molar-refractivity contribution >= 4 is 29.6 Å². The predicted molar refractivity (Wildman–Crippen MR) is 227 cm³/mol. The van der Waals surface area contributed by atoms with Crippen LogP contribution in [0.4, 0.5) is 25.5 Å². The van der Waals surface area contributed by atoms with Crippen LogP contribution in [0.2, 0.25) is 0 Å². The molecule has 7 rings (SSSR count). The number of nitrogens with zero attached hydrogens (tertiary/aromatic N) is 3. The molecular weight excluding hydrogens is 764 g/mol. The van der Waals surface area contributed by atoms with E-state index >= 15 is 4.39 Å². The molecule has 1 aliphatic rings. The number of hydrogen-bond acceptors (Lipinski definition) is 8. The Labute approximate surface area is 348 Å². The molecule has 1 unspecified atom stereocenters. The number of rotatable bonds is 12. The third kappa shape index (κ3) is 9.47. The molecule has 1 atom stereocenters. The van der Waals surface area contributed by atoms with Crippen LogP contribution in [0.15, 0.2) is 115 Å². The minimum Gasteiger partial charge on any atom is -0.459 e. The number of carbonyl (C=O) groups is 3. The topological polar surface area (TPSA) is 146 Å². The highest BCUT2D eigenvalue weighted by Gasteiger charge is 2.31. The lowest BCUT2D eigenvalue weighted by Gasteiger charge is -2.21. The van der Waals surface area contributed by atoms with Crippen molar-refractivity contribution in [3.05, 3.63) is 149 Å². The Morgan fingerprint density at radius 1 is 0.817 bits per heavy atom. The summed E-state index contributed by atoms with van der Waals surface area (Å²) in [6.45, 7) is 11.4. The summed E-state index contributed by atoms with van der Waals surface area (Å²) in [5.41, 5.74) is 6.63. The van der Waals surface area contributed by atoms with Crippen LogP contribution in [-0.2, 0) is 26.3 Å². The zero-order valence-electron chi connectivity index (χ0n) is 34.3. The number of pyridine rings is 1. The Morgan fingerprint density at radius 3 is 2.18 bits per heavy atom. The van der Waals surface area contributed by atoms with Crippen molar-refractivity contribution in [2.24, 2.45) is 5.92 Å². The summed E-state index contributed by atoms with van der Waals surface area (Å²) in [7, 11) is 0. The quantitative estimate of drug-likeness (QED) is 0.104. The standard InChI is InChI=1S/C47H47FN6O6/c1-28(2)43(52-46(57)59-27-38-36-16-9-7-14-34(36)35-15-8-10-17-37(35)38)44(55)58-26-30-12-11-13-31(23-30)54-42(25-41(53-54)47(4,5)6)51-45(56)50-40-19-18-32(24-39(40)48)60-33-20-21-49-29(3)22-33/h7-25,28,38,43H,26-27H2,1-6H3,(H,52,57)(H2,50,51,56). The molecule has 0 saturated heterocycles. The number of amides is 3. The fraction of sp³-hybridized carbons (Fsp3) is 0.255. The summed E-state index contributed by atoms with van der Waals surface area (Å²) in [6, 6.07) is 30.9. The molecule has 13 heteroatoms. The Hall–Kier alpha value is -7.02. The van der Waals surface area contributed by atoms with E-state index in [0.717, 1.165) is 27.9 Å². The van der Waals surface area contributed by atoms with E-state index in [1.165, 1.54) is 12.1 Å². The van der Waals surface area contributed by atoms with Crippen molar-refractivity contribution in [1.82, 2.24) is 20.1 Å². The van der Waals surface area contributed by atoms with Gasteiger partial charge >= 0.3 is 18.1 Å². The van der Waals surface area contributed by atoms with Crippen LogP contribution in [-0.4, -0.2) is 45.5 Å². The number of aromatic nitrogens is 3. The number of aryl methyl sites for hydroxylation is 1. The van der Waals surface area contributed by atoms with Gasteiger partial charge in [0.25, 0.3) is 0 Å². The number of benzene rings is 4. The molecule has 6 aromatic rings. The van der Waals surface area contributed by atoms with Gasteiger partial charge in [0, 0.05) is 41.4 Å². The molecule has 0 aliphatic heterocycles. The maximum atomic E-state index is 15.1. The molecule has 2 heterocycles. The molecule has 3 N–H and O–H groups in total. The van der Waals surface area contributed by atoms with E-state index in [4.69, 9.17) is 19.3 Å². The first kappa shape index (κ1) is 41.2. The van der Waals surface area contributed by atoms with Gasteiger partial charge in [0.2, 0.25) is 0 Å². The van der Waals surface area contributed by atoms with Gasteiger partial charge in [-0.25, -0.2) is 23.5 Å². The summed E-state index contributed by atoms with van der Waals surface area (Å²) in [4.78, 5) is 43.9. The van der Waals surface area contributed by atoms with E-state index in [9.17, 15) is 14.4 Å². The van der Waals surface area contributed by atoms with Gasteiger partial charge in [-0.05, 0) is 71.0 Å². The lowest BCUT2D eigenvalue weighted by atomic mass is 9.92.